The zero-order valence-electron chi connectivity index (χ0n) is 13.1. The number of ether oxygens (including phenoxy) is 2. The van der Waals surface area contributed by atoms with Crippen LogP contribution in [0.2, 0.25) is 0 Å². The second kappa shape index (κ2) is 10.0. The summed E-state index contributed by atoms with van der Waals surface area (Å²) in [5.74, 6) is 0.355. The Morgan fingerprint density at radius 2 is 1.80 bits per heavy atom. The molecule has 3 unspecified atom stereocenters. The van der Waals surface area contributed by atoms with Crippen LogP contribution in [0, 0.1) is 0 Å². The lowest BCUT2D eigenvalue weighted by molar-refractivity contribution is -0.0237. The van der Waals surface area contributed by atoms with E-state index in [1.54, 1.807) is 7.85 Å². The van der Waals surface area contributed by atoms with Crippen molar-refractivity contribution in [2.75, 3.05) is 18.8 Å². The molecule has 1 rings (SSSR count). The summed E-state index contributed by atoms with van der Waals surface area (Å²) >= 11 is 0. The predicted molar refractivity (Wildman–Crippen MR) is 92.5 cm³/mol. The van der Waals surface area contributed by atoms with Crippen molar-refractivity contribution in [1.82, 2.24) is 0 Å². The van der Waals surface area contributed by atoms with Crippen molar-refractivity contribution < 1.29 is 55.9 Å². The molecule has 0 spiro atoms. The molecular formula is C7H18BO12P3S2. The third-order valence-corrected chi connectivity index (χ3v) is 7.92. The molecule has 1 aliphatic rings. The summed E-state index contributed by atoms with van der Waals surface area (Å²) in [6.45, 7) is -0.511. The molecule has 25 heavy (non-hydrogen) atoms. The molecule has 0 aromatic heterocycles. The van der Waals surface area contributed by atoms with Gasteiger partial charge in [-0.3, -0.25) is 4.52 Å². The molecular weight excluding hydrogens is 444 g/mol. The Balaban J connectivity index is 2.57. The van der Waals surface area contributed by atoms with Gasteiger partial charge in [-0.2, -0.15) is 8.62 Å². The van der Waals surface area contributed by atoms with Crippen LogP contribution in [0.4, 0.5) is 0 Å². The standard InChI is InChI=1S/C7H18BO12P3S2/c1-24-25-4-16-5-2-7(8)18-6(5)3-17-22(12,13)20-23(14,15)19-21(9,10)11/h5-7H,2-4,8H2,1H3,(H,12,13)(H,14,15)(H2,9,10,11)/t5?,6-,7-/m1/s1. The fourth-order valence-electron chi connectivity index (χ4n) is 1.88. The van der Waals surface area contributed by atoms with Gasteiger partial charge in [-0.05, 0) is 12.7 Å². The molecule has 1 heterocycles. The third-order valence-electron chi connectivity index (χ3n) is 2.65. The van der Waals surface area contributed by atoms with Crippen molar-refractivity contribution in [3.63, 3.8) is 0 Å². The van der Waals surface area contributed by atoms with Crippen LogP contribution in [0.3, 0.4) is 0 Å². The van der Waals surface area contributed by atoms with Gasteiger partial charge in [0.2, 0.25) is 0 Å². The van der Waals surface area contributed by atoms with Gasteiger partial charge in [-0.1, -0.05) is 21.6 Å². The van der Waals surface area contributed by atoms with E-state index in [1.807, 2.05) is 6.26 Å². The van der Waals surface area contributed by atoms with Crippen molar-refractivity contribution in [2.24, 2.45) is 0 Å². The molecule has 1 aliphatic heterocycles. The molecule has 0 saturated carbocycles. The van der Waals surface area contributed by atoms with E-state index in [1.165, 1.54) is 21.6 Å². The van der Waals surface area contributed by atoms with E-state index in [9.17, 15) is 18.6 Å². The quantitative estimate of drug-likeness (QED) is 0.109. The molecule has 5 atom stereocenters. The Morgan fingerprint density at radius 3 is 2.36 bits per heavy atom. The summed E-state index contributed by atoms with van der Waals surface area (Å²) in [4.78, 5) is 35.4. The number of rotatable bonds is 11. The lowest BCUT2D eigenvalue weighted by Gasteiger charge is -2.21. The molecule has 1 fully saturated rings. The Bertz CT molecular complexity index is 573. The van der Waals surface area contributed by atoms with Crippen molar-refractivity contribution in [2.45, 2.75) is 24.6 Å². The average Bonchev–Trinajstić information content (AvgIpc) is 2.73. The fraction of sp³-hybridized carbons (Fsp3) is 1.00. The van der Waals surface area contributed by atoms with Gasteiger partial charge in [0.15, 0.2) is 0 Å². The maximum Gasteiger partial charge on any atom is 0.490 e. The van der Waals surface area contributed by atoms with E-state index in [-0.39, 0.29) is 6.00 Å². The van der Waals surface area contributed by atoms with Gasteiger partial charge in [-0.15, -0.1) is 0 Å². The first-order valence-electron chi connectivity index (χ1n) is 6.54. The molecule has 0 amide bonds. The summed E-state index contributed by atoms with van der Waals surface area (Å²) < 4.78 is 56.3. The van der Waals surface area contributed by atoms with E-state index in [0.29, 0.717) is 12.4 Å². The van der Waals surface area contributed by atoms with Crippen LogP contribution >= 0.6 is 45.1 Å². The van der Waals surface area contributed by atoms with Crippen LogP contribution < -0.4 is 0 Å². The van der Waals surface area contributed by atoms with Crippen molar-refractivity contribution in [3.8, 4) is 0 Å². The van der Waals surface area contributed by atoms with E-state index < -0.39 is 42.3 Å². The van der Waals surface area contributed by atoms with Gasteiger partial charge in [-0.25, -0.2) is 13.7 Å². The number of hydrogen-bond acceptors (Lipinski definition) is 10. The maximum absolute atomic E-state index is 11.7. The highest BCUT2D eigenvalue weighted by Gasteiger charge is 2.42. The number of hydrogen-bond donors (Lipinski definition) is 4. The zero-order valence-corrected chi connectivity index (χ0v) is 17.4. The van der Waals surface area contributed by atoms with Crippen molar-refractivity contribution in [3.05, 3.63) is 0 Å². The van der Waals surface area contributed by atoms with Crippen molar-refractivity contribution >= 4 is 52.9 Å². The minimum absolute atomic E-state index is 0.196. The van der Waals surface area contributed by atoms with Gasteiger partial charge >= 0.3 is 23.5 Å². The van der Waals surface area contributed by atoms with Crippen LogP contribution in [0.5, 0.6) is 0 Å². The molecule has 0 radical (unpaired) electrons. The third kappa shape index (κ3) is 10.3. The van der Waals surface area contributed by atoms with E-state index in [2.05, 4.69) is 13.1 Å². The van der Waals surface area contributed by atoms with E-state index in [0.717, 1.165) is 0 Å². The first kappa shape index (κ1) is 24.1. The van der Waals surface area contributed by atoms with Crippen molar-refractivity contribution in [1.29, 1.82) is 0 Å². The molecule has 0 aromatic carbocycles. The summed E-state index contributed by atoms with van der Waals surface area (Å²) in [6, 6.07) is -0.196. The molecule has 0 aromatic rings. The smallest absolute Gasteiger partial charge is 0.379 e. The molecule has 1 saturated heterocycles. The molecule has 0 aliphatic carbocycles. The number of phosphoric acid groups is 3. The Morgan fingerprint density at radius 1 is 1.16 bits per heavy atom. The van der Waals surface area contributed by atoms with Crippen LogP contribution in [0.25, 0.3) is 0 Å². The second-order valence-corrected chi connectivity index (χ2v) is 11.6. The minimum atomic E-state index is -5.53. The SMILES string of the molecule is B[C@H]1CC(OCSSC)[C@@H](COP(=O)(O)OP(=O)(O)OP(=O)(O)O)O1. The van der Waals surface area contributed by atoms with Gasteiger partial charge in [0.25, 0.3) is 0 Å². The summed E-state index contributed by atoms with van der Waals surface area (Å²) in [6.07, 6.45) is 1.22. The largest absolute Gasteiger partial charge is 0.490 e. The summed E-state index contributed by atoms with van der Waals surface area (Å²) in [5.41, 5.74) is 0. The Hall–Kier alpha value is 1.09. The van der Waals surface area contributed by atoms with Crippen LogP contribution in [0.15, 0.2) is 0 Å². The molecule has 148 valence electrons. The van der Waals surface area contributed by atoms with Gasteiger partial charge in [0.1, 0.15) is 19.9 Å². The minimum Gasteiger partial charge on any atom is -0.379 e. The summed E-state index contributed by atoms with van der Waals surface area (Å²) in [7, 11) is -11.4. The predicted octanol–water partition coefficient (Wildman–Crippen LogP) is 0.432. The van der Waals surface area contributed by atoms with Crippen LogP contribution in [-0.4, -0.2) is 64.4 Å². The first-order valence-corrected chi connectivity index (χ1v) is 13.8. The first-order chi connectivity index (χ1) is 11.3. The highest BCUT2D eigenvalue weighted by atomic mass is 33.1. The van der Waals surface area contributed by atoms with Crippen LogP contribution in [0.1, 0.15) is 6.42 Å². The lowest BCUT2D eigenvalue weighted by atomic mass is 9.96. The molecule has 0 bridgehead atoms. The monoisotopic (exact) mass is 462 g/mol. The average molecular weight is 462 g/mol. The highest BCUT2D eigenvalue weighted by Crippen LogP contribution is 2.66. The molecule has 12 nitrogen and oxygen atoms in total. The number of phosphoric ester groups is 1. The zero-order chi connectivity index (χ0) is 19.3. The Kier molecular flexibility index (Phi) is 9.69. The topological polar surface area (TPSA) is 178 Å². The van der Waals surface area contributed by atoms with E-state index >= 15 is 0 Å². The Labute approximate surface area is 152 Å². The van der Waals surface area contributed by atoms with Crippen LogP contribution in [-0.2, 0) is 36.3 Å². The lowest BCUT2D eigenvalue weighted by Crippen LogP contribution is -2.28. The van der Waals surface area contributed by atoms with Gasteiger partial charge in [0, 0.05) is 6.00 Å². The second-order valence-electron chi connectivity index (χ2n) is 4.72. The van der Waals surface area contributed by atoms with Gasteiger partial charge < -0.3 is 29.0 Å². The molecule has 4 N–H and O–H groups in total. The molecule has 18 heteroatoms. The fourth-order valence-corrected chi connectivity index (χ4v) is 5.69. The summed E-state index contributed by atoms with van der Waals surface area (Å²) in [5, 5.41) is 0. The maximum atomic E-state index is 11.7. The highest BCUT2D eigenvalue weighted by molar-refractivity contribution is 8.76. The van der Waals surface area contributed by atoms with Gasteiger partial charge in [0.05, 0.1) is 12.7 Å². The normalized spacial score (nSPS) is 29.2. The van der Waals surface area contributed by atoms with E-state index in [4.69, 9.17) is 24.2 Å².